The van der Waals surface area contributed by atoms with Crippen molar-refractivity contribution < 1.29 is 9.50 Å². The average molecular weight is 334 g/mol. The summed E-state index contributed by atoms with van der Waals surface area (Å²) < 4.78 is 16.5. The smallest absolute Gasteiger partial charge is 0.137 e. The van der Waals surface area contributed by atoms with Gasteiger partial charge in [0, 0.05) is 29.1 Å². The molecule has 0 atom stereocenters. The maximum atomic E-state index is 14.6. The van der Waals surface area contributed by atoms with E-state index in [-0.39, 0.29) is 11.2 Å². The van der Waals surface area contributed by atoms with Crippen molar-refractivity contribution in [1.82, 2.24) is 9.55 Å². The molecule has 126 valence electrons. The molecule has 0 radical (unpaired) electrons. The molecule has 3 nitrogen and oxygen atoms in total. The van der Waals surface area contributed by atoms with Crippen LogP contribution in [0.4, 0.5) is 4.39 Å². The molecule has 2 aromatic heterocycles. The van der Waals surface area contributed by atoms with E-state index in [2.05, 4.69) is 25.8 Å². The maximum absolute atomic E-state index is 14.6. The standard InChI is InChI=1S/C21H19FN2O/c1-21(2,3)13-8-9-23-19(10-13)24-17-7-5-4-6-15(17)20-16(22)11-14(25)12-18(20)24/h4-12,25H,1-3H3. The number of phenols is 1. The summed E-state index contributed by atoms with van der Waals surface area (Å²) >= 11 is 0. The van der Waals surface area contributed by atoms with Gasteiger partial charge in [-0.2, -0.15) is 0 Å². The van der Waals surface area contributed by atoms with Crippen LogP contribution in [-0.2, 0) is 5.41 Å². The fourth-order valence-electron chi connectivity index (χ4n) is 3.29. The number of hydrogen-bond donors (Lipinski definition) is 1. The zero-order valence-electron chi connectivity index (χ0n) is 14.4. The predicted molar refractivity (Wildman–Crippen MR) is 98.9 cm³/mol. The van der Waals surface area contributed by atoms with Crippen LogP contribution in [0.5, 0.6) is 5.75 Å². The van der Waals surface area contributed by atoms with Crippen LogP contribution >= 0.6 is 0 Å². The Morgan fingerprint density at radius 2 is 1.76 bits per heavy atom. The third kappa shape index (κ3) is 2.45. The SMILES string of the molecule is CC(C)(C)c1ccnc(-n2c3ccccc3c3c(F)cc(O)cc32)c1. The van der Waals surface area contributed by atoms with Gasteiger partial charge in [-0.3, -0.25) is 4.57 Å². The van der Waals surface area contributed by atoms with Crippen LogP contribution in [0.1, 0.15) is 26.3 Å². The Kier molecular flexibility index (Phi) is 3.32. The lowest BCUT2D eigenvalue weighted by Gasteiger charge is -2.20. The number of aromatic hydroxyl groups is 1. The highest BCUT2D eigenvalue weighted by Gasteiger charge is 2.19. The van der Waals surface area contributed by atoms with Gasteiger partial charge in [-0.05, 0) is 29.2 Å². The first kappa shape index (κ1) is 15.6. The van der Waals surface area contributed by atoms with Gasteiger partial charge in [0.2, 0.25) is 0 Å². The van der Waals surface area contributed by atoms with E-state index in [1.54, 1.807) is 12.3 Å². The molecule has 0 fully saturated rings. The van der Waals surface area contributed by atoms with E-state index < -0.39 is 5.82 Å². The number of nitrogens with zero attached hydrogens (tertiary/aromatic N) is 2. The molecule has 0 spiro atoms. The number of halogens is 1. The van der Waals surface area contributed by atoms with Crippen LogP contribution < -0.4 is 0 Å². The van der Waals surface area contributed by atoms with Gasteiger partial charge in [0.05, 0.1) is 11.0 Å². The molecule has 2 heterocycles. The topological polar surface area (TPSA) is 38.0 Å². The molecule has 0 bridgehead atoms. The zero-order chi connectivity index (χ0) is 17.8. The van der Waals surface area contributed by atoms with Gasteiger partial charge in [0.15, 0.2) is 0 Å². The average Bonchev–Trinajstić information content (AvgIpc) is 2.88. The lowest BCUT2D eigenvalue weighted by atomic mass is 9.88. The summed E-state index contributed by atoms with van der Waals surface area (Å²) in [7, 11) is 0. The van der Waals surface area contributed by atoms with E-state index in [0.29, 0.717) is 16.7 Å². The Balaban J connectivity index is 2.14. The van der Waals surface area contributed by atoms with Crippen molar-refractivity contribution in [2.45, 2.75) is 26.2 Å². The van der Waals surface area contributed by atoms with Crippen LogP contribution in [0, 0.1) is 5.82 Å². The van der Waals surface area contributed by atoms with E-state index in [1.807, 2.05) is 41.0 Å². The minimum absolute atomic E-state index is 0.0240. The van der Waals surface area contributed by atoms with Crippen molar-refractivity contribution in [1.29, 1.82) is 0 Å². The summed E-state index contributed by atoms with van der Waals surface area (Å²) in [5.74, 6) is 0.182. The van der Waals surface area contributed by atoms with Crippen LogP contribution in [0.15, 0.2) is 54.7 Å². The summed E-state index contributed by atoms with van der Waals surface area (Å²) in [6.07, 6.45) is 1.77. The van der Waals surface area contributed by atoms with Gasteiger partial charge in [-0.25, -0.2) is 9.37 Å². The highest BCUT2D eigenvalue weighted by atomic mass is 19.1. The third-order valence-corrected chi connectivity index (χ3v) is 4.55. The fourth-order valence-corrected chi connectivity index (χ4v) is 3.29. The van der Waals surface area contributed by atoms with E-state index in [9.17, 15) is 9.50 Å². The number of hydrogen-bond acceptors (Lipinski definition) is 2. The molecule has 0 unspecified atom stereocenters. The second-order valence-electron chi connectivity index (χ2n) is 7.33. The number of aromatic nitrogens is 2. The van der Waals surface area contributed by atoms with Gasteiger partial charge in [-0.1, -0.05) is 39.0 Å². The molecular weight excluding hydrogens is 315 g/mol. The molecule has 0 aliphatic rings. The van der Waals surface area contributed by atoms with Crippen LogP contribution in [0.2, 0.25) is 0 Å². The largest absolute Gasteiger partial charge is 0.508 e. The van der Waals surface area contributed by atoms with Gasteiger partial charge >= 0.3 is 0 Å². The molecule has 0 aliphatic carbocycles. The highest BCUT2D eigenvalue weighted by molar-refractivity contribution is 6.09. The van der Waals surface area contributed by atoms with E-state index in [1.165, 1.54) is 0 Å². The van der Waals surface area contributed by atoms with Crippen molar-refractivity contribution in [3.8, 4) is 11.6 Å². The molecule has 0 saturated carbocycles. The zero-order valence-corrected chi connectivity index (χ0v) is 14.4. The molecule has 4 heteroatoms. The van der Waals surface area contributed by atoms with E-state index in [4.69, 9.17) is 0 Å². The number of rotatable bonds is 1. The lowest BCUT2D eigenvalue weighted by molar-refractivity contribution is 0.471. The summed E-state index contributed by atoms with van der Waals surface area (Å²) in [6.45, 7) is 6.43. The van der Waals surface area contributed by atoms with Crippen molar-refractivity contribution in [3.05, 3.63) is 66.1 Å². The third-order valence-electron chi connectivity index (χ3n) is 4.55. The second-order valence-corrected chi connectivity index (χ2v) is 7.33. The monoisotopic (exact) mass is 334 g/mol. The molecule has 4 aromatic rings. The minimum Gasteiger partial charge on any atom is -0.508 e. The maximum Gasteiger partial charge on any atom is 0.137 e. The molecule has 0 saturated heterocycles. The van der Waals surface area contributed by atoms with Gasteiger partial charge in [0.25, 0.3) is 0 Å². The Hall–Kier alpha value is -2.88. The molecule has 0 aliphatic heterocycles. The summed E-state index contributed by atoms with van der Waals surface area (Å²) in [5, 5.41) is 11.2. The van der Waals surface area contributed by atoms with Crippen LogP contribution in [0.3, 0.4) is 0 Å². The number of phenolic OH excluding ortho intramolecular Hbond substituents is 1. The molecule has 4 rings (SSSR count). The number of fused-ring (bicyclic) bond motifs is 3. The first-order chi connectivity index (χ1) is 11.9. The van der Waals surface area contributed by atoms with Crippen LogP contribution in [0.25, 0.3) is 27.6 Å². The van der Waals surface area contributed by atoms with Gasteiger partial charge in [0.1, 0.15) is 17.4 Å². The molecule has 1 N–H and O–H groups in total. The first-order valence-corrected chi connectivity index (χ1v) is 8.25. The van der Waals surface area contributed by atoms with Crippen molar-refractivity contribution in [3.63, 3.8) is 0 Å². The Bertz CT molecular complexity index is 1110. The Morgan fingerprint density at radius 1 is 1.00 bits per heavy atom. The summed E-state index contributed by atoms with van der Waals surface area (Å²) in [6, 6.07) is 14.4. The number of para-hydroxylation sites is 1. The van der Waals surface area contributed by atoms with Gasteiger partial charge < -0.3 is 5.11 Å². The van der Waals surface area contributed by atoms with Crippen LogP contribution in [-0.4, -0.2) is 14.7 Å². The Morgan fingerprint density at radius 3 is 2.52 bits per heavy atom. The predicted octanol–water partition coefficient (Wildman–Crippen LogP) is 5.32. The second kappa shape index (κ2) is 5.31. The van der Waals surface area contributed by atoms with Crippen molar-refractivity contribution in [2.24, 2.45) is 0 Å². The van der Waals surface area contributed by atoms with Crippen molar-refractivity contribution >= 4 is 21.8 Å². The summed E-state index contributed by atoms with van der Waals surface area (Å²) in [5.41, 5.74) is 2.59. The Labute approximate surface area is 145 Å². The number of benzene rings is 2. The lowest BCUT2D eigenvalue weighted by Crippen LogP contribution is -2.12. The summed E-state index contributed by atoms with van der Waals surface area (Å²) in [4.78, 5) is 4.51. The van der Waals surface area contributed by atoms with Crippen molar-refractivity contribution in [2.75, 3.05) is 0 Å². The quantitative estimate of drug-likeness (QED) is 0.511. The minimum atomic E-state index is -0.433. The molecular formula is C21H19FN2O. The first-order valence-electron chi connectivity index (χ1n) is 8.25. The van der Waals surface area contributed by atoms with Gasteiger partial charge in [-0.15, -0.1) is 0 Å². The molecule has 2 aromatic carbocycles. The number of pyridine rings is 1. The highest BCUT2D eigenvalue weighted by Crippen LogP contribution is 2.36. The van der Waals surface area contributed by atoms with E-state index in [0.717, 1.165) is 22.5 Å². The van der Waals surface area contributed by atoms with E-state index >= 15 is 0 Å². The molecule has 25 heavy (non-hydrogen) atoms. The fraction of sp³-hybridized carbons (Fsp3) is 0.190. The molecule has 0 amide bonds. The normalized spacial score (nSPS) is 12.2.